The van der Waals surface area contributed by atoms with Crippen LogP contribution in [0.25, 0.3) is 0 Å². The Morgan fingerprint density at radius 2 is 0.967 bits per heavy atom. The third-order valence-corrected chi connectivity index (χ3v) is 4.33. The summed E-state index contributed by atoms with van der Waals surface area (Å²) in [6.07, 6.45) is 0. The molecule has 30 heavy (non-hydrogen) atoms. The molecule has 0 spiro atoms. The van der Waals surface area contributed by atoms with Gasteiger partial charge < -0.3 is 9.47 Å². The molecule has 148 valence electrons. The second-order valence-electron chi connectivity index (χ2n) is 6.45. The molecular formula is C25H16F2O3. The first kappa shape index (κ1) is 19.3. The fraction of sp³-hybridized carbons (Fsp3) is 0. The van der Waals surface area contributed by atoms with Gasteiger partial charge in [-0.1, -0.05) is 36.4 Å². The van der Waals surface area contributed by atoms with Gasteiger partial charge in [-0.3, -0.25) is 4.79 Å². The summed E-state index contributed by atoms with van der Waals surface area (Å²) < 4.78 is 39.4. The minimum absolute atomic E-state index is 0.0741. The van der Waals surface area contributed by atoms with E-state index >= 15 is 0 Å². The van der Waals surface area contributed by atoms with Crippen molar-refractivity contribution in [2.45, 2.75) is 0 Å². The highest BCUT2D eigenvalue weighted by Crippen LogP contribution is 2.29. The van der Waals surface area contributed by atoms with Crippen LogP contribution in [0.1, 0.15) is 15.9 Å². The molecule has 0 aliphatic carbocycles. The molecule has 0 saturated carbocycles. The molecule has 0 N–H and O–H groups in total. The van der Waals surface area contributed by atoms with Crippen molar-refractivity contribution in [2.75, 3.05) is 0 Å². The van der Waals surface area contributed by atoms with Crippen molar-refractivity contribution < 1.29 is 23.0 Å². The highest BCUT2D eigenvalue weighted by Gasteiger charge is 2.16. The van der Waals surface area contributed by atoms with E-state index in [0.717, 1.165) is 12.1 Å². The number of carbonyl (C=O) groups is 1. The molecule has 3 nitrogen and oxygen atoms in total. The summed E-state index contributed by atoms with van der Waals surface area (Å²) in [4.78, 5) is 12.9. The zero-order valence-electron chi connectivity index (χ0n) is 15.7. The maximum Gasteiger partial charge on any atom is 0.193 e. The van der Waals surface area contributed by atoms with Crippen LogP contribution >= 0.6 is 0 Å². The molecule has 4 rings (SSSR count). The second kappa shape index (κ2) is 8.57. The van der Waals surface area contributed by atoms with E-state index in [9.17, 15) is 13.6 Å². The number of hydrogen-bond donors (Lipinski definition) is 0. The van der Waals surface area contributed by atoms with Crippen molar-refractivity contribution in [3.05, 3.63) is 120 Å². The number of rotatable bonds is 6. The van der Waals surface area contributed by atoms with Gasteiger partial charge >= 0.3 is 0 Å². The van der Waals surface area contributed by atoms with E-state index in [1.807, 2.05) is 12.1 Å². The molecule has 4 aromatic carbocycles. The van der Waals surface area contributed by atoms with Gasteiger partial charge in [0, 0.05) is 11.1 Å². The van der Waals surface area contributed by atoms with Crippen molar-refractivity contribution in [3.63, 3.8) is 0 Å². The Morgan fingerprint density at radius 3 is 1.37 bits per heavy atom. The van der Waals surface area contributed by atoms with Crippen molar-refractivity contribution in [2.24, 2.45) is 0 Å². The summed E-state index contributed by atoms with van der Waals surface area (Å²) >= 11 is 0. The van der Waals surface area contributed by atoms with Gasteiger partial charge in [0.15, 0.2) is 28.9 Å². The van der Waals surface area contributed by atoms with Crippen LogP contribution in [-0.4, -0.2) is 5.78 Å². The van der Waals surface area contributed by atoms with Crippen LogP contribution in [0.2, 0.25) is 0 Å². The largest absolute Gasteiger partial charge is 0.454 e. The lowest BCUT2D eigenvalue weighted by Crippen LogP contribution is -2.03. The van der Waals surface area contributed by atoms with Crippen LogP contribution in [0.15, 0.2) is 97.1 Å². The molecule has 0 bridgehead atoms. The Morgan fingerprint density at radius 1 is 0.567 bits per heavy atom. The predicted molar refractivity (Wildman–Crippen MR) is 109 cm³/mol. The Labute approximate surface area is 172 Å². The Hall–Kier alpha value is -3.99. The van der Waals surface area contributed by atoms with Gasteiger partial charge in [-0.15, -0.1) is 0 Å². The molecule has 0 unspecified atom stereocenters. The van der Waals surface area contributed by atoms with Gasteiger partial charge in [-0.25, -0.2) is 8.78 Å². The molecule has 0 amide bonds. The lowest BCUT2D eigenvalue weighted by Gasteiger charge is -2.10. The Bertz CT molecular complexity index is 1080. The molecule has 0 aromatic heterocycles. The zero-order valence-corrected chi connectivity index (χ0v) is 15.7. The minimum atomic E-state index is -0.595. The quantitative estimate of drug-likeness (QED) is 0.334. The molecule has 0 aliphatic heterocycles. The van der Waals surface area contributed by atoms with Crippen LogP contribution in [0, 0.1) is 11.6 Å². The van der Waals surface area contributed by atoms with Gasteiger partial charge in [0.05, 0.1) is 0 Å². The van der Waals surface area contributed by atoms with Crippen molar-refractivity contribution >= 4 is 5.78 Å². The molecular weight excluding hydrogens is 386 g/mol. The van der Waals surface area contributed by atoms with Crippen molar-refractivity contribution in [1.29, 1.82) is 0 Å². The van der Waals surface area contributed by atoms with Gasteiger partial charge in [0.1, 0.15) is 11.5 Å². The lowest BCUT2D eigenvalue weighted by atomic mass is 10.0. The number of halogens is 2. The van der Waals surface area contributed by atoms with Crippen molar-refractivity contribution in [3.8, 4) is 23.0 Å². The normalized spacial score (nSPS) is 10.5. The first-order valence-electron chi connectivity index (χ1n) is 9.20. The van der Waals surface area contributed by atoms with E-state index in [4.69, 9.17) is 9.47 Å². The number of hydrogen-bond acceptors (Lipinski definition) is 3. The molecule has 4 aromatic rings. The van der Waals surface area contributed by atoms with Gasteiger partial charge in [-0.2, -0.15) is 0 Å². The standard InChI is InChI=1S/C25H16F2O3/c26-21-13-11-17(15-23(21)29-19-7-3-1-4-8-19)25(28)18-12-14-22(27)24(16-18)30-20-9-5-2-6-10-20/h1-16H. The summed E-state index contributed by atoms with van der Waals surface area (Å²) in [5.74, 6) is -0.858. The van der Waals surface area contributed by atoms with Gasteiger partial charge in [-0.05, 0) is 60.7 Å². The number of carbonyl (C=O) groups excluding carboxylic acids is 1. The fourth-order valence-electron chi connectivity index (χ4n) is 2.84. The number of ether oxygens (including phenoxy) is 2. The maximum absolute atomic E-state index is 14.2. The average molecular weight is 402 g/mol. The van der Waals surface area contributed by atoms with E-state index in [2.05, 4.69) is 0 Å². The minimum Gasteiger partial charge on any atom is -0.454 e. The monoisotopic (exact) mass is 402 g/mol. The van der Waals surface area contributed by atoms with Crippen LogP contribution in [-0.2, 0) is 0 Å². The molecule has 0 atom stereocenters. The third-order valence-electron chi connectivity index (χ3n) is 4.33. The molecule has 0 fully saturated rings. The summed E-state index contributed by atoms with van der Waals surface area (Å²) in [6.45, 7) is 0. The van der Waals surface area contributed by atoms with Crippen LogP contribution < -0.4 is 9.47 Å². The number of benzene rings is 4. The molecule has 0 aliphatic rings. The highest BCUT2D eigenvalue weighted by molar-refractivity contribution is 6.09. The smallest absolute Gasteiger partial charge is 0.193 e. The summed E-state index contributed by atoms with van der Waals surface area (Å²) in [5, 5.41) is 0. The SMILES string of the molecule is O=C(c1ccc(F)c(Oc2ccccc2)c1)c1ccc(F)c(Oc2ccccc2)c1. The Balaban J connectivity index is 1.61. The number of para-hydroxylation sites is 2. The molecule has 0 radical (unpaired) electrons. The average Bonchev–Trinajstić information content (AvgIpc) is 2.78. The van der Waals surface area contributed by atoms with E-state index in [0.29, 0.717) is 11.5 Å². The fourth-order valence-corrected chi connectivity index (χ4v) is 2.84. The Kier molecular flexibility index (Phi) is 5.52. The van der Waals surface area contributed by atoms with Crippen molar-refractivity contribution in [1.82, 2.24) is 0 Å². The summed E-state index contributed by atoms with van der Waals surface area (Å²) in [6, 6.07) is 25.1. The van der Waals surface area contributed by atoms with Crippen LogP contribution in [0.4, 0.5) is 8.78 Å². The predicted octanol–water partition coefficient (Wildman–Crippen LogP) is 6.78. The molecule has 5 heteroatoms. The second-order valence-corrected chi connectivity index (χ2v) is 6.45. The topological polar surface area (TPSA) is 35.5 Å². The van der Waals surface area contributed by atoms with E-state index in [1.54, 1.807) is 48.5 Å². The van der Waals surface area contributed by atoms with E-state index in [1.165, 1.54) is 24.3 Å². The number of ketones is 1. The first-order valence-corrected chi connectivity index (χ1v) is 9.20. The van der Waals surface area contributed by atoms with Gasteiger partial charge in [0.2, 0.25) is 0 Å². The van der Waals surface area contributed by atoms with E-state index < -0.39 is 17.4 Å². The molecule has 0 saturated heterocycles. The first-order chi connectivity index (χ1) is 14.6. The molecule has 0 heterocycles. The van der Waals surface area contributed by atoms with E-state index in [-0.39, 0.29) is 22.6 Å². The zero-order chi connectivity index (χ0) is 20.9. The van der Waals surface area contributed by atoms with Gasteiger partial charge in [0.25, 0.3) is 0 Å². The summed E-state index contributed by atoms with van der Waals surface area (Å²) in [7, 11) is 0. The maximum atomic E-state index is 14.2. The highest BCUT2D eigenvalue weighted by atomic mass is 19.1. The lowest BCUT2D eigenvalue weighted by molar-refractivity contribution is 0.103. The third kappa shape index (κ3) is 4.36. The summed E-state index contributed by atoms with van der Waals surface area (Å²) in [5.41, 5.74) is 0.416. The van der Waals surface area contributed by atoms with Crippen LogP contribution in [0.3, 0.4) is 0 Å². The van der Waals surface area contributed by atoms with Crippen LogP contribution in [0.5, 0.6) is 23.0 Å².